The van der Waals surface area contributed by atoms with Crippen molar-refractivity contribution in [3.63, 3.8) is 0 Å². The van der Waals surface area contributed by atoms with Crippen LogP contribution in [0.15, 0.2) is 12.1 Å². The van der Waals surface area contributed by atoms with Gasteiger partial charge >= 0.3 is 0 Å². The van der Waals surface area contributed by atoms with Gasteiger partial charge in [-0.3, -0.25) is 0 Å². The van der Waals surface area contributed by atoms with Crippen molar-refractivity contribution in [1.29, 1.82) is 5.26 Å². The molecule has 0 N–H and O–H groups in total. The number of rotatable bonds is 5. The smallest absolute Gasteiger partial charge is 0.190 e. The molecule has 1 unspecified atom stereocenters. The Hall–Kier alpha value is -1.63. The fourth-order valence-electron chi connectivity index (χ4n) is 1.56. The molecule has 2 nitrogen and oxygen atoms in total. The third kappa shape index (κ3) is 3.70. The lowest BCUT2D eigenvalue weighted by Crippen LogP contribution is -2.10. The highest BCUT2D eigenvalue weighted by Crippen LogP contribution is 2.24. The van der Waals surface area contributed by atoms with Crippen LogP contribution in [0.25, 0.3) is 0 Å². The Morgan fingerprint density at radius 2 is 1.94 bits per heavy atom. The molecular formula is C13H15F2NO. The van der Waals surface area contributed by atoms with E-state index in [4.69, 9.17) is 10.00 Å². The average molecular weight is 239 g/mol. The van der Waals surface area contributed by atoms with Crippen LogP contribution in [0.3, 0.4) is 0 Å². The summed E-state index contributed by atoms with van der Waals surface area (Å²) >= 11 is 0. The Morgan fingerprint density at radius 3 is 2.41 bits per heavy atom. The summed E-state index contributed by atoms with van der Waals surface area (Å²) in [6.07, 6.45) is 1.95. The van der Waals surface area contributed by atoms with Gasteiger partial charge in [-0.2, -0.15) is 5.26 Å². The van der Waals surface area contributed by atoms with Gasteiger partial charge in [-0.1, -0.05) is 20.3 Å². The zero-order chi connectivity index (χ0) is 12.8. The van der Waals surface area contributed by atoms with Crippen molar-refractivity contribution in [2.75, 3.05) is 6.61 Å². The molecule has 1 atom stereocenters. The first-order valence-corrected chi connectivity index (χ1v) is 5.60. The molecule has 1 aromatic rings. The van der Waals surface area contributed by atoms with Crippen molar-refractivity contribution in [1.82, 2.24) is 0 Å². The third-order valence-electron chi connectivity index (χ3n) is 2.42. The van der Waals surface area contributed by atoms with Gasteiger partial charge in [0.1, 0.15) is 0 Å². The van der Waals surface area contributed by atoms with E-state index >= 15 is 0 Å². The number of hydrogen-bond donors (Lipinski definition) is 0. The molecular weight excluding hydrogens is 224 g/mol. The summed E-state index contributed by atoms with van der Waals surface area (Å²) in [5.74, 6) is -1.81. The van der Waals surface area contributed by atoms with Crippen molar-refractivity contribution in [3.8, 4) is 11.8 Å². The Labute approximate surface area is 99.8 Å². The van der Waals surface area contributed by atoms with Crippen molar-refractivity contribution >= 4 is 0 Å². The molecule has 17 heavy (non-hydrogen) atoms. The van der Waals surface area contributed by atoms with Gasteiger partial charge in [-0.25, -0.2) is 8.78 Å². The van der Waals surface area contributed by atoms with E-state index in [1.165, 1.54) is 0 Å². The van der Waals surface area contributed by atoms with Gasteiger partial charge in [0.2, 0.25) is 0 Å². The van der Waals surface area contributed by atoms with Crippen LogP contribution in [0, 0.1) is 28.9 Å². The maximum Gasteiger partial charge on any atom is 0.190 e. The minimum absolute atomic E-state index is 0.0473. The van der Waals surface area contributed by atoms with E-state index < -0.39 is 17.4 Å². The summed E-state index contributed by atoms with van der Waals surface area (Å²) in [5, 5.41) is 8.54. The van der Waals surface area contributed by atoms with Crippen LogP contribution < -0.4 is 4.74 Å². The lowest BCUT2D eigenvalue weighted by Gasteiger charge is -2.13. The fraction of sp³-hybridized carbons (Fsp3) is 0.462. The summed E-state index contributed by atoms with van der Waals surface area (Å²) < 4.78 is 32.0. The SMILES string of the molecule is CCCC(C)COc1c(F)cc(C#N)cc1F. The fourth-order valence-corrected chi connectivity index (χ4v) is 1.56. The van der Waals surface area contributed by atoms with Crippen molar-refractivity contribution in [2.24, 2.45) is 5.92 Å². The van der Waals surface area contributed by atoms with Crippen molar-refractivity contribution in [2.45, 2.75) is 26.7 Å². The number of ether oxygens (including phenoxy) is 1. The first-order valence-electron chi connectivity index (χ1n) is 5.60. The molecule has 1 rings (SSSR count). The molecule has 0 aliphatic carbocycles. The Morgan fingerprint density at radius 1 is 1.35 bits per heavy atom. The number of benzene rings is 1. The monoisotopic (exact) mass is 239 g/mol. The van der Waals surface area contributed by atoms with E-state index in [1.807, 2.05) is 13.8 Å². The minimum atomic E-state index is -0.828. The first kappa shape index (κ1) is 13.4. The molecule has 0 amide bonds. The normalized spacial score (nSPS) is 11.9. The molecule has 0 radical (unpaired) electrons. The Bertz CT molecular complexity index is 403. The maximum atomic E-state index is 13.4. The van der Waals surface area contributed by atoms with Gasteiger partial charge in [0.05, 0.1) is 18.2 Å². The molecule has 0 saturated heterocycles. The minimum Gasteiger partial charge on any atom is -0.487 e. The molecule has 0 bridgehead atoms. The summed E-state index contributed by atoms with van der Waals surface area (Å²) in [6.45, 7) is 4.27. The van der Waals surface area contributed by atoms with Gasteiger partial charge < -0.3 is 4.74 Å². The quantitative estimate of drug-likeness (QED) is 0.785. The van der Waals surface area contributed by atoms with E-state index in [1.54, 1.807) is 6.07 Å². The van der Waals surface area contributed by atoms with E-state index in [0.717, 1.165) is 25.0 Å². The predicted molar refractivity (Wildman–Crippen MR) is 60.6 cm³/mol. The second-order valence-electron chi connectivity index (χ2n) is 4.09. The van der Waals surface area contributed by atoms with E-state index in [9.17, 15) is 8.78 Å². The van der Waals surface area contributed by atoms with Gasteiger partial charge in [0, 0.05) is 0 Å². The Balaban J connectivity index is 2.75. The second kappa shape index (κ2) is 6.19. The summed E-state index contributed by atoms with van der Waals surface area (Å²) in [5.41, 5.74) is -0.0473. The van der Waals surface area contributed by atoms with Gasteiger partial charge in [-0.15, -0.1) is 0 Å². The number of nitrogens with zero attached hydrogens (tertiary/aromatic N) is 1. The van der Waals surface area contributed by atoms with Crippen LogP contribution in [0.4, 0.5) is 8.78 Å². The van der Waals surface area contributed by atoms with Crippen LogP contribution in [0.5, 0.6) is 5.75 Å². The molecule has 0 spiro atoms. The highest BCUT2D eigenvalue weighted by atomic mass is 19.1. The van der Waals surface area contributed by atoms with Crippen molar-refractivity contribution in [3.05, 3.63) is 29.3 Å². The summed E-state index contributed by atoms with van der Waals surface area (Å²) in [4.78, 5) is 0. The third-order valence-corrected chi connectivity index (χ3v) is 2.42. The zero-order valence-corrected chi connectivity index (χ0v) is 9.96. The van der Waals surface area contributed by atoms with E-state index in [0.29, 0.717) is 0 Å². The highest BCUT2D eigenvalue weighted by Gasteiger charge is 2.13. The van der Waals surface area contributed by atoms with Crippen LogP contribution in [-0.4, -0.2) is 6.61 Å². The summed E-state index contributed by atoms with van der Waals surface area (Å²) in [6, 6.07) is 3.64. The number of hydrogen-bond acceptors (Lipinski definition) is 2. The Kier molecular flexibility index (Phi) is 4.89. The predicted octanol–water partition coefficient (Wildman–Crippen LogP) is 3.65. The molecule has 0 saturated carbocycles. The molecule has 92 valence electrons. The zero-order valence-electron chi connectivity index (χ0n) is 9.96. The lowest BCUT2D eigenvalue weighted by molar-refractivity contribution is 0.231. The second-order valence-corrected chi connectivity index (χ2v) is 4.09. The van der Waals surface area contributed by atoms with Crippen LogP contribution >= 0.6 is 0 Å². The van der Waals surface area contributed by atoms with Crippen LogP contribution in [0.1, 0.15) is 32.3 Å². The molecule has 4 heteroatoms. The average Bonchev–Trinajstić information content (AvgIpc) is 2.28. The topological polar surface area (TPSA) is 33.0 Å². The number of nitriles is 1. The van der Waals surface area contributed by atoms with E-state index in [-0.39, 0.29) is 18.1 Å². The standard InChI is InChI=1S/C13H15F2NO/c1-3-4-9(2)8-17-13-11(14)5-10(7-16)6-12(13)15/h5-6,9H,3-4,8H2,1-2H3. The van der Waals surface area contributed by atoms with Gasteiger partial charge in [0.25, 0.3) is 0 Å². The van der Waals surface area contributed by atoms with Crippen LogP contribution in [0.2, 0.25) is 0 Å². The van der Waals surface area contributed by atoms with Crippen LogP contribution in [-0.2, 0) is 0 Å². The molecule has 0 heterocycles. The molecule has 0 aromatic heterocycles. The molecule has 0 aliphatic heterocycles. The van der Waals surface area contributed by atoms with Gasteiger partial charge in [-0.05, 0) is 24.5 Å². The largest absolute Gasteiger partial charge is 0.487 e. The van der Waals surface area contributed by atoms with Crippen molar-refractivity contribution < 1.29 is 13.5 Å². The first-order chi connectivity index (χ1) is 8.08. The number of halogens is 2. The summed E-state index contributed by atoms with van der Waals surface area (Å²) in [7, 11) is 0. The molecule has 0 aliphatic rings. The molecule has 1 aromatic carbocycles. The van der Waals surface area contributed by atoms with Gasteiger partial charge in [0.15, 0.2) is 17.4 Å². The molecule has 0 fully saturated rings. The van der Waals surface area contributed by atoms with E-state index in [2.05, 4.69) is 0 Å². The lowest BCUT2D eigenvalue weighted by atomic mass is 10.1. The maximum absolute atomic E-state index is 13.4. The highest BCUT2D eigenvalue weighted by molar-refractivity contribution is 5.37.